The van der Waals surface area contributed by atoms with Crippen LogP contribution in [0.15, 0.2) is 24.5 Å². The molecule has 2 aliphatic carbocycles. The molecule has 6 rings (SSSR count). The quantitative estimate of drug-likeness (QED) is 0.431. The number of benzene rings is 1. The van der Waals surface area contributed by atoms with Crippen molar-refractivity contribution in [2.24, 2.45) is 5.92 Å². The standard InChI is InChI=1S/C28H35N5O5S/c1-16-14-37-9-8-33(16)19-10-17(11-19)27(35)32-28-31-21-7-6-20(25(36-2)26(21)39-28)18-12-29-24(30-13-18)15-38-23-5-3-4-22(23)34/h6-7,12-13,16-17,19,22-23,34H,3-5,8-11,14-15H2,1-2H3,(H,31,32,35)/t16-,17-,19+,22-,23-/m0/s1. The van der Waals surface area contributed by atoms with E-state index >= 15 is 0 Å². The van der Waals surface area contributed by atoms with E-state index in [2.05, 4.69) is 32.1 Å². The fraction of sp³-hybridized carbons (Fsp3) is 0.571. The normalized spacial score (nSPS) is 27.4. The summed E-state index contributed by atoms with van der Waals surface area (Å²) in [7, 11) is 1.63. The zero-order chi connectivity index (χ0) is 26.9. The maximum absolute atomic E-state index is 13.0. The predicted molar refractivity (Wildman–Crippen MR) is 148 cm³/mol. The molecule has 3 heterocycles. The third kappa shape index (κ3) is 5.51. The molecule has 3 aliphatic rings. The number of aromatic nitrogens is 3. The number of aliphatic hydroxyl groups excluding tert-OH is 1. The van der Waals surface area contributed by atoms with Crippen molar-refractivity contribution in [3.05, 3.63) is 30.4 Å². The molecule has 11 heteroatoms. The van der Waals surface area contributed by atoms with Crippen molar-refractivity contribution in [3.63, 3.8) is 0 Å². The van der Waals surface area contributed by atoms with Crippen molar-refractivity contribution >= 4 is 32.6 Å². The number of carbonyl (C=O) groups is 1. The number of carbonyl (C=O) groups excluding carboxylic acids is 1. The Labute approximate surface area is 231 Å². The van der Waals surface area contributed by atoms with Crippen LogP contribution in [-0.4, -0.2) is 82.0 Å². The summed E-state index contributed by atoms with van der Waals surface area (Å²) in [5.74, 6) is 1.28. The van der Waals surface area contributed by atoms with Crippen LogP contribution in [0.2, 0.25) is 0 Å². The zero-order valence-corrected chi connectivity index (χ0v) is 23.2. The highest BCUT2D eigenvalue weighted by Gasteiger charge is 2.40. The molecule has 2 saturated carbocycles. The van der Waals surface area contributed by atoms with E-state index in [1.165, 1.54) is 11.3 Å². The smallest absolute Gasteiger partial charge is 0.229 e. The lowest BCUT2D eigenvalue weighted by Crippen LogP contribution is -2.55. The first kappa shape index (κ1) is 26.5. The van der Waals surface area contributed by atoms with Crippen LogP contribution in [0.5, 0.6) is 5.75 Å². The van der Waals surface area contributed by atoms with Gasteiger partial charge in [0.05, 0.1) is 42.7 Å². The maximum Gasteiger partial charge on any atom is 0.229 e. The highest BCUT2D eigenvalue weighted by atomic mass is 32.1. The van der Waals surface area contributed by atoms with Crippen molar-refractivity contribution in [2.45, 2.75) is 69.9 Å². The Morgan fingerprint density at radius 1 is 1.26 bits per heavy atom. The number of amides is 1. The molecule has 3 fully saturated rings. The van der Waals surface area contributed by atoms with E-state index in [-0.39, 0.29) is 24.5 Å². The number of ether oxygens (including phenoxy) is 3. The second-order valence-electron chi connectivity index (χ2n) is 10.7. The molecule has 2 aromatic heterocycles. The summed E-state index contributed by atoms with van der Waals surface area (Å²) >= 11 is 1.41. The van der Waals surface area contributed by atoms with Crippen molar-refractivity contribution < 1.29 is 24.1 Å². The lowest BCUT2D eigenvalue weighted by Gasteiger charge is -2.46. The molecule has 0 bridgehead atoms. The number of fused-ring (bicyclic) bond motifs is 1. The Morgan fingerprint density at radius 2 is 2.08 bits per heavy atom. The van der Waals surface area contributed by atoms with E-state index < -0.39 is 6.10 Å². The minimum Gasteiger partial charge on any atom is -0.495 e. The van der Waals surface area contributed by atoms with Crippen LogP contribution < -0.4 is 10.1 Å². The summed E-state index contributed by atoms with van der Waals surface area (Å²) in [5.41, 5.74) is 2.44. The van der Waals surface area contributed by atoms with Crippen LogP contribution in [0.3, 0.4) is 0 Å². The number of morpholine rings is 1. The molecule has 39 heavy (non-hydrogen) atoms. The first-order chi connectivity index (χ1) is 19.0. The second-order valence-corrected chi connectivity index (χ2v) is 11.7. The second kappa shape index (κ2) is 11.4. The molecule has 2 N–H and O–H groups in total. The number of anilines is 1. The Balaban J connectivity index is 1.11. The molecule has 0 radical (unpaired) electrons. The fourth-order valence-corrected chi connectivity index (χ4v) is 6.86. The topological polar surface area (TPSA) is 119 Å². The molecule has 10 nitrogen and oxygen atoms in total. The minimum atomic E-state index is -0.404. The van der Waals surface area contributed by atoms with Crippen molar-refractivity contribution in [1.29, 1.82) is 0 Å². The summed E-state index contributed by atoms with van der Waals surface area (Å²) in [5, 5.41) is 13.6. The molecule has 3 aromatic rings. The van der Waals surface area contributed by atoms with Crippen LogP contribution >= 0.6 is 11.3 Å². The van der Waals surface area contributed by atoms with Gasteiger partial charge in [0.1, 0.15) is 12.4 Å². The summed E-state index contributed by atoms with van der Waals surface area (Å²) in [6, 6.07) is 4.72. The van der Waals surface area contributed by atoms with E-state index in [1.54, 1.807) is 19.5 Å². The predicted octanol–water partition coefficient (Wildman–Crippen LogP) is 3.63. The van der Waals surface area contributed by atoms with Gasteiger partial charge < -0.3 is 24.6 Å². The highest BCUT2D eigenvalue weighted by molar-refractivity contribution is 7.22. The van der Waals surface area contributed by atoms with Crippen molar-refractivity contribution in [3.8, 4) is 16.9 Å². The number of nitrogens with one attached hydrogen (secondary N) is 1. The molecular weight excluding hydrogens is 518 g/mol. The van der Waals surface area contributed by atoms with Gasteiger partial charge in [0.15, 0.2) is 11.0 Å². The molecule has 1 aliphatic heterocycles. The van der Waals surface area contributed by atoms with Crippen LogP contribution in [0.25, 0.3) is 21.3 Å². The van der Waals surface area contributed by atoms with Gasteiger partial charge in [0.2, 0.25) is 5.91 Å². The number of nitrogens with zero attached hydrogens (tertiary/aromatic N) is 4. The van der Waals surface area contributed by atoms with Crippen LogP contribution in [0.4, 0.5) is 5.13 Å². The molecular formula is C28H35N5O5S. The lowest BCUT2D eigenvalue weighted by molar-refractivity contribution is -0.126. The summed E-state index contributed by atoms with van der Waals surface area (Å²) in [6.07, 6.45) is 7.34. The summed E-state index contributed by atoms with van der Waals surface area (Å²) < 4.78 is 18.0. The van der Waals surface area contributed by atoms with Gasteiger partial charge in [-0.15, -0.1) is 0 Å². The van der Waals surface area contributed by atoms with Crippen molar-refractivity contribution in [2.75, 3.05) is 32.2 Å². The van der Waals surface area contributed by atoms with Gasteiger partial charge in [-0.1, -0.05) is 11.3 Å². The van der Waals surface area contributed by atoms with Crippen LogP contribution in [0, 0.1) is 5.92 Å². The van der Waals surface area contributed by atoms with Gasteiger partial charge in [-0.25, -0.2) is 15.0 Å². The molecule has 1 saturated heterocycles. The zero-order valence-electron chi connectivity index (χ0n) is 22.3. The van der Waals surface area contributed by atoms with Gasteiger partial charge in [-0.2, -0.15) is 0 Å². The van der Waals surface area contributed by atoms with Gasteiger partial charge in [0, 0.05) is 48.1 Å². The van der Waals surface area contributed by atoms with Crippen molar-refractivity contribution in [1.82, 2.24) is 19.9 Å². The van der Waals surface area contributed by atoms with E-state index in [0.717, 1.165) is 73.2 Å². The number of hydrogen-bond acceptors (Lipinski definition) is 10. The lowest BCUT2D eigenvalue weighted by atomic mass is 9.78. The molecule has 1 aromatic carbocycles. The Kier molecular flexibility index (Phi) is 7.77. The fourth-order valence-electron chi connectivity index (χ4n) is 5.86. The Bertz CT molecular complexity index is 1310. The average molecular weight is 554 g/mol. The average Bonchev–Trinajstić information content (AvgIpc) is 3.52. The monoisotopic (exact) mass is 553 g/mol. The van der Waals surface area contributed by atoms with E-state index in [0.29, 0.717) is 28.8 Å². The first-order valence-corrected chi connectivity index (χ1v) is 14.5. The Morgan fingerprint density at radius 3 is 2.79 bits per heavy atom. The highest BCUT2D eigenvalue weighted by Crippen LogP contribution is 2.41. The minimum absolute atomic E-state index is 0.00564. The van der Waals surface area contributed by atoms with Gasteiger partial charge in [-0.3, -0.25) is 9.69 Å². The number of thiazole rings is 1. The van der Waals surface area contributed by atoms with Crippen LogP contribution in [0.1, 0.15) is 44.9 Å². The molecule has 3 atom stereocenters. The van der Waals surface area contributed by atoms with Crippen LogP contribution in [-0.2, 0) is 20.9 Å². The third-order valence-electron chi connectivity index (χ3n) is 8.18. The largest absolute Gasteiger partial charge is 0.495 e. The number of methoxy groups -OCH3 is 1. The van der Waals surface area contributed by atoms with E-state index in [9.17, 15) is 9.90 Å². The third-order valence-corrected chi connectivity index (χ3v) is 9.16. The number of aliphatic hydroxyl groups is 1. The summed E-state index contributed by atoms with van der Waals surface area (Å²) in [4.78, 5) is 29.0. The van der Waals surface area contributed by atoms with Gasteiger partial charge >= 0.3 is 0 Å². The molecule has 208 valence electrons. The van der Waals surface area contributed by atoms with Gasteiger partial charge in [-0.05, 0) is 51.2 Å². The summed E-state index contributed by atoms with van der Waals surface area (Å²) in [6.45, 7) is 4.92. The number of hydrogen-bond donors (Lipinski definition) is 2. The number of rotatable bonds is 8. The molecule has 0 spiro atoms. The maximum atomic E-state index is 13.0. The molecule has 0 unspecified atom stereocenters. The van der Waals surface area contributed by atoms with E-state index in [4.69, 9.17) is 14.2 Å². The molecule has 1 amide bonds. The first-order valence-electron chi connectivity index (χ1n) is 13.7. The van der Waals surface area contributed by atoms with Gasteiger partial charge in [0.25, 0.3) is 0 Å². The SMILES string of the molecule is COc1c(-c2cnc(CO[C@H]3CCC[C@@H]3O)nc2)ccc2nc(NC(=O)[C@H]3C[C@@H](N4CCOC[C@@H]4C)C3)sc12. The Hall–Kier alpha value is -2.70. The van der Waals surface area contributed by atoms with E-state index in [1.807, 2.05) is 12.1 Å².